The van der Waals surface area contributed by atoms with Gasteiger partial charge in [0.2, 0.25) is 0 Å². The normalized spacial score (nSPS) is 18.4. The number of aryl methyl sites for hydroxylation is 1. The third kappa shape index (κ3) is 2.29. The Morgan fingerprint density at radius 3 is 2.88 bits per heavy atom. The summed E-state index contributed by atoms with van der Waals surface area (Å²) < 4.78 is 2.17. The third-order valence-corrected chi connectivity index (χ3v) is 3.55. The van der Waals surface area contributed by atoms with Gasteiger partial charge in [0.15, 0.2) is 0 Å². The van der Waals surface area contributed by atoms with E-state index in [4.69, 9.17) is 0 Å². The molecule has 1 aromatic heterocycles. The van der Waals surface area contributed by atoms with E-state index in [1.54, 1.807) is 0 Å². The van der Waals surface area contributed by atoms with Crippen molar-refractivity contribution in [3.8, 4) is 0 Å². The summed E-state index contributed by atoms with van der Waals surface area (Å²) in [7, 11) is 0. The van der Waals surface area contributed by atoms with Gasteiger partial charge in [0.05, 0.1) is 11.7 Å². The lowest BCUT2D eigenvalue weighted by molar-refractivity contribution is 0.223. The zero-order chi connectivity index (χ0) is 11.4. The Bertz CT molecular complexity index is 315. The second-order valence-corrected chi connectivity index (χ2v) is 4.71. The highest BCUT2D eigenvalue weighted by atomic mass is 15.3. The number of hydrogen-bond acceptors (Lipinski definition) is 2. The Kier molecular flexibility index (Phi) is 3.99. The molecule has 90 valence electrons. The lowest BCUT2D eigenvalue weighted by atomic mass is 9.78. The van der Waals surface area contributed by atoms with E-state index in [0.717, 1.165) is 25.4 Å². The maximum Gasteiger partial charge on any atom is 0.0556 e. The van der Waals surface area contributed by atoms with Gasteiger partial charge < -0.3 is 5.32 Å². The molecule has 16 heavy (non-hydrogen) atoms. The molecule has 0 spiro atoms. The quantitative estimate of drug-likeness (QED) is 0.800. The van der Waals surface area contributed by atoms with Crippen LogP contribution in [0.1, 0.15) is 51.3 Å². The van der Waals surface area contributed by atoms with Crippen LogP contribution >= 0.6 is 0 Å². The van der Waals surface area contributed by atoms with Crippen LogP contribution < -0.4 is 5.32 Å². The second-order valence-electron chi connectivity index (χ2n) is 4.71. The average Bonchev–Trinajstić information content (AvgIpc) is 2.63. The van der Waals surface area contributed by atoms with Crippen molar-refractivity contribution in [1.29, 1.82) is 0 Å². The van der Waals surface area contributed by atoms with Gasteiger partial charge in [0.25, 0.3) is 0 Å². The predicted molar refractivity (Wildman–Crippen MR) is 66.3 cm³/mol. The first-order valence-corrected chi connectivity index (χ1v) is 6.61. The Morgan fingerprint density at radius 1 is 1.50 bits per heavy atom. The molecule has 1 aromatic rings. The number of aromatic nitrogens is 2. The van der Waals surface area contributed by atoms with Gasteiger partial charge in [-0.15, -0.1) is 0 Å². The molecule has 2 rings (SSSR count). The highest BCUT2D eigenvalue weighted by Crippen LogP contribution is 2.37. The highest BCUT2D eigenvalue weighted by molar-refractivity contribution is 5.10. The smallest absolute Gasteiger partial charge is 0.0556 e. The van der Waals surface area contributed by atoms with E-state index in [1.807, 2.05) is 6.20 Å². The molecular formula is C13H23N3. The lowest BCUT2D eigenvalue weighted by Gasteiger charge is -2.34. The number of hydrogen-bond donors (Lipinski definition) is 1. The molecule has 3 heteroatoms. The maximum absolute atomic E-state index is 4.43. The van der Waals surface area contributed by atoms with Crippen LogP contribution in [0.4, 0.5) is 0 Å². The van der Waals surface area contributed by atoms with Crippen molar-refractivity contribution in [2.45, 2.75) is 52.1 Å². The fraction of sp³-hybridized carbons (Fsp3) is 0.769. The van der Waals surface area contributed by atoms with Gasteiger partial charge in [-0.1, -0.05) is 20.3 Å². The van der Waals surface area contributed by atoms with Gasteiger partial charge in [-0.3, -0.25) is 4.68 Å². The molecule has 1 heterocycles. The van der Waals surface area contributed by atoms with Crippen molar-refractivity contribution in [3.63, 3.8) is 0 Å². The van der Waals surface area contributed by atoms with Crippen molar-refractivity contribution in [3.05, 3.63) is 18.0 Å². The summed E-state index contributed by atoms with van der Waals surface area (Å²) in [6.07, 6.45) is 7.23. The van der Waals surface area contributed by atoms with Crippen LogP contribution in [0.5, 0.6) is 0 Å². The van der Waals surface area contributed by atoms with Crippen LogP contribution in [0.25, 0.3) is 0 Å². The molecule has 1 atom stereocenters. The topological polar surface area (TPSA) is 29.9 Å². The van der Waals surface area contributed by atoms with Gasteiger partial charge >= 0.3 is 0 Å². The van der Waals surface area contributed by atoms with Crippen LogP contribution in [0.15, 0.2) is 12.3 Å². The molecule has 0 aromatic carbocycles. The number of nitrogens with zero attached hydrogens (tertiary/aromatic N) is 2. The first kappa shape index (κ1) is 11.6. The Balaban J connectivity index is 2.13. The van der Waals surface area contributed by atoms with E-state index in [9.17, 15) is 0 Å². The van der Waals surface area contributed by atoms with Crippen LogP contribution in [-0.2, 0) is 6.54 Å². The summed E-state index contributed by atoms with van der Waals surface area (Å²) in [4.78, 5) is 0. The molecule has 1 unspecified atom stereocenters. The minimum atomic E-state index is 0.521. The van der Waals surface area contributed by atoms with Gasteiger partial charge in [-0.05, 0) is 37.8 Å². The summed E-state index contributed by atoms with van der Waals surface area (Å²) in [6.45, 7) is 6.47. The largest absolute Gasteiger partial charge is 0.309 e. The molecule has 0 saturated heterocycles. The van der Waals surface area contributed by atoms with E-state index < -0.39 is 0 Å². The minimum absolute atomic E-state index is 0.521. The Labute approximate surface area is 98.2 Å². The van der Waals surface area contributed by atoms with E-state index in [1.165, 1.54) is 25.0 Å². The van der Waals surface area contributed by atoms with E-state index in [2.05, 4.69) is 35.0 Å². The summed E-state index contributed by atoms with van der Waals surface area (Å²) >= 11 is 0. The lowest BCUT2D eigenvalue weighted by Crippen LogP contribution is -2.33. The zero-order valence-corrected chi connectivity index (χ0v) is 10.4. The minimum Gasteiger partial charge on any atom is -0.309 e. The third-order valence-electron chi connectivity index (χ3n) is 3.55. The first-order valence-electron chi connectivity index (χ1n) is 6.61. The fourth-order valence-corrected chi connectivity index (χ4v) is 2.51. The monoisotopic (exact) mass is 221 g/mol. The molecule has 1 fully saturated rings. The van der Waals surface area contributed by atoms with E-state index in [0.29, 0.717) is 6.04 Å². The molecule has 1 aliphatic rings. The summed E-state index contributed by atoms with van der Waals surface area (Å²) in [5, 5.41) is 8.05. The number of rotatable bonds is 6. The molecule has 0 radical (unpaired) electrons. The zero-order valence-electron chi connectivity index (χ0n) is 10.4. The summed E-state index contributed by atoms with van der Waals surface area (Å²) in [5.41, 5.74) is 1.38. The molecular weight excluding hydrogens is 198 g/mol. The fourth-order valence-electron chi connectivity index (χ4n) is 2.51. The van der Waals surface area contributed by atoms with E-state index in [-0.39, 0.29) is 0 Å². The van der Waals surface area contributed by atoms with Crippen LogP contribution in [0.3, 0.4) is 0 Å². The van der Waals surface area contributed by atoms with Crippen molar-refractivity contribution >= 4 is 0 Å². The molecule has 0 amide bonds. The average molecular weight is 221 g/mol. The SMILES string of the molecule is CCCn1nccc1C(NCC)C1CCC1. The molecule has 1 saturated carbocycles. The summed E-state index contributed by atoms with van der Waals surface area (Å²) in [6, 6.07) is 2.70. The first-order chi connectivity index (χ1) is 7.86. The Morgan fingerprint density at radius 2 is 2.31 bits per heavy atom. The predicted octanol–water partition coefficient (Wildman–Crippen LogP) is 2.74. The van der Waals surface area contributed by atoms with Crippen LogP contribution in [-0.4, -0.2) is 16.3 Å². The van der Waals surface area contributed by atoms with Crippen molar-refractivity contribution in [1.82, 2.24) is 15.1 Å². The van der Waals surface area contributed by atoms with Gasteiger partial charge in [0.1, 0.15) is 0 Å². The second kappa shape index (κ2) is 5.48. The van der Waals surface area contributed by atoms with Crippen molar-refractivity contribution in [2.75, 3.05) is 6.54 Å². The summed E-state index contributed by atoms with van der Waals surface area (Å²) in [5.74, 6) is 0.826. The standard InChI is InChI=1S/C13H23N3/c1-3-10-16-12(8-9-15-16)13(14-4-2)11-6-5-7-11/h8-9,11,13-14H,3-7,10H2,1-2H3. The Hall–Kier alpha value is -0.830. The molecule has 1 aliphatic carbocycles. The highest BCUT2D eigenvalue weighted by Gasteiger charge is 2.29. The van der Waals surface area contributed by atoms with Gasteiger partial charge in [-0.25, -0.2) is 0 Å². The van der Waals surface area contributed by atoms with Crippen LogP contribution in [0, 0.1) is 5.92 Å². The number of nitrogens with one attached hydrogen (secondary N) is 1. The molecule has 3 nitrogen and oxygen atoms in total. The van der Waals surface area contributed by atoms with Gasteiger partial charge in [-0.2, -0.15) is 5.10 Å². The maximum atomic E-state index is 4.43. The molecule has 0 bridgehead atoms. The van der Waals surface area contributed by atoms with Crippen LogP contribution in [0.2, 0.25) is 0 Å². The molecule has 0 aliphatic heterocycles. The van der Waals surface area contributed by atoms with E-state index >= 15 is 0 Å². The van der Waals surface area contributed by atoms with Gasteiger partial charge in [0, 0.05) is 12.7 Å². The van der Waals surface area contributed by atoms with Crippen molar-refractivity contribution < 1.29 is 0 Å². The molecule has 1 N–H and O–H groups in total. The van der Waals surface area contributed by atoms with Crippen molar-refractivity contribution in [2.24, 2.45) is 5.92 Å².